The fraction of sp³-hybridized carbons (Fsp3) is 0. The molecule has 0 fully saturated rings. The van der Waals surface area contributed by atoms with Crippen LogP contribution in [0.5, 0.6) is 0 Å². The number of para-hydroxylation sites is 2. The average Bonchev–Trinajstić information content (AvgIpc) is 3.85. The third-order valence-corrected chi connectivity index (χ3v) is 12.5. The molecule has 5 nitrogen and oxygen atoms in total. The molecule has 0 aliphatic heterocycles. The van der Waals surface area contributed by atoms with E-state index in [-0.39, 0.29) is 0 Å². The Balaban J connectivity index is 1.07. The number of nitrogens with zero attached hydrogens (tertiary/aromatic N) is 5. The second kappa shape index (κ2) is 13.6. The van der Waals surface area contributed by atoms with E-state index in [9.17, 15) is 0 Å². The zero-order chi connectivity index (χ0) is 40.7. The van der Waals surface area contributed by atoms with Crippen molar-refractivity contribution in [3.8, 4) is 45.5 Å². The van der Waals surface area contributed by atoms with E-state index in [1.165, 1.54) is 48.7 Å². The van der Waals surface area contributed by atoms with Gasteiger partial charge < -0.3 is 9.13 Å². The predicted molar refractivity (Wildman–Crippen MR) is 257 cm³/mol. The van der Waals surface area contributed by atoms with Crippen molar-refractivity contribution in [1.29, 1.82) is 0 Å². The summed E-state index contributed by atoms with van der Waals surface area (Å²) < 4.78 is 4.88. The molecule has 13 aromatic rings. The summed E-state index contributed by atoms with van der Waals surface area (Å²) in [6, 6.07) is 75.8. The Kier molecular flexibility index (Phi) is 7.54. The van der Waals surface area contributed by atoms with Crippen molar-refractivity contribution < 1.29 is 0 Å². The molecular weight excluding hydrogens is 755 g/mol. The smallest absolute Gasteiger partial charge is 0.164 e. The second-order valence-electron chi connectivity index (χ2n) is 16.0. The van der Waals surface area contributed by atoms with E-state index in [0.29, 0.717) is 17.5 Å². The van der Waals surface area contributed by atoms with Crippen LogP contribution >= 0.6 is 0 Å². The minimum Gasteiger partial charge on any atom is -0.309 e. The lowest BCUT2D eigenvalue weighted by molar-refractivity contribution is 1.08. The lowest BCUT2D eigenvalue weighted by atomic mass is 10.0. The van der Waals surface area contributed by atoms with E-state index < -0.39 is 0 Å². The largest absolute Gasteiger partial charge is 0.309 e. The lowest BCUT2D eigenvalue weighted by Gasteiger charge is -2.15. The van der Waals surface area contributed by atoms with Gasteiger partial charge in [-0.1, -0.05) is 164 Å². The molecule has 0 amide bonds. The lowest BCUT2D eigenvalue weighted by Crippen LogP contribution is -2.01. The zero-order valence-corrected chi connectivity index (χ0v) is 33.4. The molecule has 0 saturated carbocycles. The van der Waals surface area contributed by atoms with Crippen molar-refractivity contribution >= 4 is 75.9 Å². The van der Waals surface area contributed by atoms with E-state index in [2.05, 4.69) is 203 Å². The van der Waals surface area contributed by atoms with E-state index in [4.69, 9.17) is 15.0 Å². The first-order valence-corrected chi connectivity index (χ1v) is 21.0. The van der Waals surface area contributed by atoms with Crippen LogP contribution in [0, 0.1) is 0 Å². The molecule has 0 N–H and O–H groups in total. The minimum absolute atomic E-state index is 0.634. The quantitative estimate of drug-likeness (QED) is 0.174. The Bertz CT molecular complexity index is 3920. The summed E-state index contributed by atoms with van der Waals surface area (Å²) in [5.41, 5.74) is 9.76. The molecule has 0 spiro atoms. The first kappa shape index (κ1) is 34.5. The Morgan fingerprint density at radius 2 is 0.903 bits per heavy atom. The van der Waals surface area contributed by atoms with Gasteiger partial charge in [0.15, 0.2) is 17.5 Å². The monoisotopic (exact) mass is 789 g/mol. The molecule has 13 rings (SSSR count). The van der Waals surface area contributed by atoms with Gasteiger partial charge in [-0.15, -0.1) is 0 Å². The third-order valence-electron chi connectivity index (χ3n) is 12.5. The van der Waals surface area contributed by atoms with Crippen LogP contribution < -0.4 is 0 Å². The molecule has 5 heteroatoms. The summed E-state index contributed by atoms with van der Waals surface area (Å²) in [7, 11) is 0. The maximum Gasteiger partial charge on any atom is 0.164 e. The first-order chi connectivity index (χ1) is 30.7. The molecule has 10 aromatic carbocycles. The highest BCUT2D eigenvalue weighted by Crippen LogP contribution is 2.43. The van der Waals surface area contributed by atoms with Gasteiger partial charge in [-0.3, -0.25) is 0 Å². The van der Waals surface area contributed by atoms with E-state index in [1.807, 2.05) is 18.2 Å². The predicted octanol–water partition coefficient (Wildman–Crippen LogP) is 14.5. The zero-order valence-electron chi connectivity index (χ0n) is 33.4. The van der Waals surface area contributed by atoms with Gasteiger partial charge in [0.2, 0.25) is 0 Å². The molecular formula is C57H35N5. The Morgan fingerprint density at radius 1 is 0.290 bits per heavy atom. The van der Waals surface area contributed by atoms with Crippen LogP contribution in [-0.4, -0.2) is 24.1 Å². The summed E-state index contributed by atoms with van der Waals surface area (Å²) in [5, 5.41) is 11.9. The molecule has 0 unspecified atom stereocenters. The van der Waals surface area contributed by atoms with Crippen LogP contribution in [0.4, 0.5) is 0 Å². The maximum absolute atomic E-state index is 5.23. The van der Waals surface area contributed by atoms with Crippen LogP contribution in [0.15, 0.2) is 212 Å². The number of aromatic nitrogens is 5. The summed E-state index contributed by atoms with van der Waals surface area (Å²) in [6.45, 7) is 0. The van der Waals surface area contributed by atoms with E-state index >= 15 is 0 Å². The number of benzene rings is 10. The van der Waals surface area contributed by atoms with E-state index in [1.54, 1.807) is 0 Å². The fourth-order valence-corrected chi connectivity index (χ4v) is 9.72. The molecule has 0 bridgehead atoms. The number of fused-ring (bicyclic) bond motifs is 10. The molecule has 0 saturated heterocycles. The van der Waals surface area contributed by atoms with Crippen molar-refractivity contribution in [1.82, 2.24) is 24.1 Å². The van der Waals surface area contributed by atoms with Gasteiger partial charge in [0.25, 0.3) is 0 Å². The summed E-state index contributed by atoms with van der Waals surface area (Å²) in [4.78, 5) is 15.5. The van der Waals surface area contributed by atoms with Crippen molar-refractivity contribution in [3.63, 3.8) is 0 Å². The van der Waals surface area contributed by atoms with E-state index in [0.717, 1.165) is 55.3 Å². The van der Waals surface area contributed by atoms with Crippen LogP contribution in [0.25, 0.3) is 121 Å². The molecule has 288 valence electrons. The topological polar surface area (TPSA) is 48.5 Å². The van der Waals surface area contributed by atoms with Gasteiger partial charge in [-0.2, -0.15) is 0 Å². The highest BCUT2D eigenvalue weighted by atomic mass is 15.0. The van der Waals surface area contributed by atoms with Crippen molar-refractivity contribution in [3.05, 3.63) is 212 Å². The molecule has 3 heterocycles. The van der Waals surface area contributed by atoms with Crippen molar-refractivity contribution in [2.75, 3.05) is 0 Å². The second-order valence-corrected chi connectivity index (χ2v) is 16.0. The summed E-state index contributed by atoms with van der Waals surface area (Å²) >= 11 is 0. The number of hydrogen-bond donors (Lipinski definition) is 0. The number of rotatable bonds is 5. The van der Waals surface area contributed by atoms with Crippen molar-refractivity contribution in [2.45, 2.75) is 0 Å². The Labute approximate surface area is 356 Å². The summed E-state index contributed by atoms with van der Waals surface area (Å²) in [5.74, 6) is 1.91. The normalized spacial score (nSPS) is 11.9. The summed E-state index contributed by atoms with van der Waals surface area (Å²) in [6.07, 6.45) is 0. The molecule has 0 aliphatic carbocycles. The minimum atomic E-state index is 0.634. The van der Waals surface area contributed by atoms with Crippen molar-refractivity contribution in [2.24, 2.45) is 0 Å². The molecule has 0 radical (unpaired) electrons. The highest BCUT2D eigenvalue weighted by molar-refractivity contribution is 6.25. The molecule has 62 heavy (non-hydrogen) atoms. The molecule has 3 aromatic heterocycles. The first-order valence-electron chi connectivity index (χ1n) is 21.0. The Hall–Kier alpha value is -8.41. The van der Waals surface area contributed by atoms with Gasteiger partial charge >= 0.3 is 0 Å². The van der Waals surface area contributed by atoms with Gasteiger partial charge in [-0.25, -0.2) is 15.0 Å². The Morgan fingerprint density at radius 3 is 1.76 bits per heavy atom. The van der Waals surface area contributed by atoms with Crippen LogP contribution in [0.3, 0.4) is 0 Å². The fourth-order valence-electron chi connectivity index (χ4n) is 9.72. The van der Waals surface area contributed by atoms with Crippen LogP contribution in [0.1, 0.15) is 0 Å². The maximum atomic E-state index is 5.23. The standard InChI is InChI=1S/C57H35N5/c1-3-17-38(18-4-1)55-58-56(40-30-29-36-15-7-8-19-39(36)33-40)60-57(59-55)46-26-13-25-44-43(46)24-14-28-50(44)62-49-27-12-11-23-45(49)47-34-53-48(35-52(47)62)54-42-22-10-9-16-37(42)31-32-51(54)61(53)41-20-5-2-6-21-41/h1-35H. The van der Waals surface area contributed by atoms with Crippen LogP contribution in [-0.2, 0) is 0 Å². The van der Waals surface area contributed by atoms with Gasteiger partial charge in [-0.05, 0) is 75.5 Å². The van der Waals surface area contributed by atoms with Gasteiger partial charge in [0, 0.05) is 49.3 Å². The SMILES string of the molecule is c1ccc(-c2nc(-c3ccc4ccccc4c3)nc(-c3cccc4c(-n5c6ccccc6c6cc7c(cc65)c5c6ccccc6ccc5n7-c5ccccc5)cccc34)n2)cc1. The highest BCUT2D eigenvalue weighted by Gasteiger charge is 2.22. The van der Waals surface area contributed by atoms with Gasteiger partial charge in [0.05, 0.1) is 27.8 Å². The molecule has 0 atom stereocenters. The average molecular weight is 790 g/mol. The van der Waals surface area contributed by atoms with Crippen LogP contribution in [0.2, 0.25) is 0 Å². The third kappa shape index (κ3) is 5.25. The number of hydrogen-bond acceptors (Lipinski definition) is 3. The molecule has 0 aliphatic rings. The van der Waals surface area contributed by atoms with Gasteiger partial charge in [0.1, 0.15) is 0 Å².